The van der Waals surface area contributed by atoms with Gasteiger partial charge in [0.15, 0.2) is 0 Å². The van der Waals surface area contributed by atoms with Crippen LogP contribution in [0.1, 0.15) is 40.5 Å². The highest BCUT2D eigenvalue weighted by Crippen LogP contribution is 2.20. The standard InChI is InChI=1S/C14H28O4Si/c1-6-9-17-19(8-3,18-10-7-2)12-11-16-14(15)13(4)5/h4,6-12H2,1-3,5H3. The highest BCUT2D eigenvalue weighted by molar-refractivity contribution is 6.67. The van der Waals surface area contributed by atoms with E-state index in [1.807, 2.05) is 0 Å². The van der Waals surface area contributed by atoms with Crippen LogP contribution in [0.4, 0.5) is 0 Å². The van der Waals surface area contributed by atoms with E-state index in [0.29, 0.717) is 31.4 Å². The topological polar surface area (TPSA) is 44.8 Å². The molecule has 0 N–H and O–H groups in total. The minimum absolute atomic E-state index is 0.343. The summed E-state index contributed by atoms with van der Waals surface area (Å²) in [5, 5.41) is 0. The molecule has 0 radical (unpaired) electrons. The van der Waals surface area contributed by atoms with Crippen molar-refractivity contribution in [2.75, 3.05) is 19.8 Å². The quantitative estimate of drug-likeness (QED) is 0.332. The summed E-state index contributed by atoms with van der Waals surface area (Å²) in [5.41, 5.74) is 0.424. The molecule has 0 bridgehead atoms. The van der Waals surface area contributed by atoms with Crippen molar-refractivity contribution in [3.8, 4) is 0 Å². The number of esters is 1. The van der Waals surface area contributed by atoms with Crippen LogP contribution in [0.5, 0.6) is 0 Å². The van der Waals surface area contributed by atoms with Gasteiger partial charge in [-0.2, -0.15) is 0 Å². The van der Waals surface area contributed by atoms with E-state index >= 15 is 0 Å². The zero-order valence-electron chi connectivity index (χ0n) is 12.8. The third-order valence-corrected chi connectivity index (χ3v) is 6.25. The lowest BCUT2D eigenvalue weighted by atomic mass is 10.4. The molecule has 0 amide bonds. The summed E-state index contributed by atoms with van der Waals surface area (Å²) in [6, 6.07) is 1.56. The van der Waals surface area contributed by atoms with Crippen LogP contribution < -0.4 is 0 Å². The van der Waals surface area contributed by atoms with Gasteiger partial charge in [0, 0.05) is 24.8 Å². The maximum absolute atomic E-state index is 11.4. The Morgan fingerprint density at radius 2 is 1.58 bits per heavy atom. The van der Waals surface area contributed by atoms with Gasteiger partial charge in [-0.15, -0.1) is 0 Å². The number of carbonyl (C=O) groups excluding carboxylic acids is 1. The van der Waals surface area contributed by atoms with Gasteiger partial charge in [-0.1, -0.05) is 27.4 Å². The Morgan fingerprint density at radius 3 is 1.95 bits per heavy atom. The van der Waals surface area contributed by atoms with Gasteiger partial charge in [0.2, 0.25) is 0 Å². The Balaban J connectivity index is 4.37. The Labute approximate surface area is 118 Å². The van der Waals surface area contributed by atoms with Gasteiger partial charge in [-0.05, 0) is 25.8 Å². The Morgan fingerprint density at radius 1 is 1.05 bits per heavy atom. The van der Waals surface area contributed by atoms with Gasteiger partial charge in [0.25, 0.3) is 0 Å². The smallest absolute Gasteiger partial charge is 0.341 e. The van der Waals surface area contributed by atoms with Gasteiger partial charge in [-0.3, -0.25) is 0 Å². The summed E-state index contributed by atoms with van der Waals surface area (Å²) in [6.07, 6.45) is 1.94. The first kappa shape index (κ1) is 18.3. The van der Waals surface area contributed by atoms with Crippen LogP contribution in [-0.2, 0) is 18.4 Å². The molecule has 19 heavy (non-hydrogen) atoms. The summed E-state index contributed by atoms with van der Waals surface area (Å²) < 4.78 is 17.1. The second-order valence-corrected chi connectivity index (χ2v) is 8.23. The monoisotopic (exact) mass is 288 g/mol. The zero-order chi connectivity index (χ0) is 14.7. The lowest BCUT2D eigenvalue weighted by Crippen LogP contribution is -2.43. The van der Waals surface area contributed by atoms with Crippen LogP contribution in [0.2, 0.25) is 12.1 Å². The van der Waals surface area contributed by atoms with E-state index in [2.05, 4.69) is 27.4 Å². The van der Waals surface area contributed by atoms with E-state index < -0.39 is 8.56 Å². The fourth-order valence-corrected chi connectivity index (χ4v) is 4.26. The van der Waals surface area contributed by atoms with Crippen molar-refractivity contribution >= 4 is 14.5 Å². The highest BCUT2D eigenvalue weighted by Gasteiger charge is 2.35. The molecule has 0 atom stereocenters. The largest absolute Gasteiger partial charge is 0.462 e. The van der Waals surface area contributed by atoms with E-state index in [1.165, 1.54) is 0 Å². The van der Waals surface area contributed by atoms with Crippen molar-refractivity contribution in [3.63, 3.8) is 0 Å². The molecular formula is C14H28O4Si. The van der Waals surface area contributed by atoms with Crippen LogP contribution in [0, 0.1) is 0 Å². The summed E-state index contributed by atoms with van der Waals surface area (Å²) in [4.78, 5) is 11.4. The first-order chi connectivity index (χ1) is 9.01. The lowest BCUT2D eigenvalue weighted by Gasteiger charge is -2.29. The van der Waals surface area contributed by atoms with Crippen molar-refractivity contribution < 1.29 is 18.4 Å². The second-order valence-electron chi connectivity index (χ2n) is 4.63. The summed E-state index contributed by atoms with van der Waals surface area (Å²) in [7, 11) is -2.22. The normalized spacial score (nSPS) is 11.4. The summed E-state index contributed by atoms with van der Waals surface area (Å²) in [5.74, 6) is -0.343. The molecule has 0 unspecified atom stereocenters. The third-order valence-electron chi connectivity index (χ3n) is 2.74. The number of hydrogen-bond acceptors (Lipinski definition) is 4. The van der Waals surface area contributed by atoms with Crippen molar-refractivity contribution in [1.82, 2.24) is 0 Å². The van der Waals surface area contributed by atoms with Gasteiger partial charge < -0.3 is 13.6 Å². The van der Waals surface area contributed by atoms with Crippen LogP contribution in [-0.4, -0.2) is 34.4 Å². The molecule has 0 aromatic carbocycles. The first-order valence-electron chi connectivity index (χ1n) is 7.11. The van der Waals surface area contributed by atoms with Crippen LogP contribution in [0.25, 0.3) is 0 Å². The van der Waals surface area contributed by atoms with Crippen molar-refractivity contribution in [1.29, 1.82) is 0 Å². The number of rotatable bonds is 11. The highest BCUT2D eigenvalue weighted by atomic mass is 28.4. The predicted octanol–water partition coefficient (Wildman–Crippen LogP) is 3.42. The van der Waals surface area contributed by atoms with E-state index in [9.17, 15) is 4.79 Å². The molecule has 0 saturated carbocycles. The van der Waals surface area contributed by atoms with Crippen LogP contribution in [0.3, 0.4) is 0 Å². The average Bonchev–Trinajstić information content (AvgIpc) is 2.41. The molecule has 0 heterocycles. The van der Waals surface area contributed by atoms with Crippen molar-refractivity contribution in [2.24, 2.45) is 0 Å². The maximum atomic E-state index is 11.4. The van der Waals surface area contributed by atoms with E-state index in [1.54, 1.807) is 6.92 Å². The molecule has 112 valence electrons. The Bertz CT molecular complexity index is 271. The second kappa shape index (κ2) is 10.2. The summed E-state index contributed by atoms with van der Waals surface area (Å²) >= 11 is 0. The average molecular weight is 288 g/mol. The molecule has 0 aliphatic heterocycles. The van der Waals surface area contributed by atoms with Crippen molar-refractivity contribution in [3.05, 3.63) is 12.2 Å². The molecule has 4 nitrogen and oxygen atoms in total. The zero-order valence-corrected chi connectivity index (χ0v) is 13.8. The molecule has 5 heteroatoms. The van der Waals surface area contributed by atoms with Crippen LogP contribution in [0.15, 0.2) is 12.2 Å². The molecule has 0 rings (SSSR count). The van der Waals surface area contributed by atoms with Gasteiger partial charge >= 0.3 is 14.5 Å². The fraction of sp³-hybridized carbons (Fsp3) is 0.786. The number of carbonyl (C=O) groups is 1. The summed E-state index contributed by atoms with van der Waals surface area (Å²) in [6.45, 7) is 13.2. The van der Waals surface area contributed by atoms with Gasteiger partial charge in [0.05, 0.1) is 6.61 Å². The first-order valence-corrected chi connectivity index (χ1v) is 9.35. The van der Waals surface area contributed by atoms with Gasteiger partial charge in [0.1, 0.15) is 0 Å². The van der Waals surface area contributed by atoms with E-state index in [4.69, 9.17) is 13.6 Å². The molecule has 0 spiro atoms. The van der Waals surface area contributed by atoms with Crippen molar-refractivity contribution in [2.45, 2.75) is 52.6 Å². The minimum Gasteiger partial charge on any atom is -0.462 e. The van der Waals surface area contributed by atoms with Crippen LogP contribution >= 0.6 is 0 Å². The van der Waals surface area contributed by atoms with Gasteiger partial charge in [-0.25, -0.2) is 4.79 Å². The number of hydrogen-bond donors (Lipinski definition) is 0. The molecule has 0 aliphatic carbocycles. The van der Waals surface area contributed by atoms with E-state index in [0.717, 1.165) is 18.9 Å². The molecule has 0 aromatic rings. The molecule has 0 saturated heterocycles. The maximum Gasteiger partial charge on any atom is 0.341 e. The molecular weight excluding hydrogens is 260 g/mol. The third kappa shape index (κ3) is 7.50. The fourth-order valence-electron chi connectivity index (χ4n) is 1.57. The minimum atomic E-state index is -2.22. The predicted molar refractivity (Wildman–Crippen MR) is 79.3 cm³/mol. The number of ether oxygens (including phenoxy) is 1. The molecule has 0 fully saturated rings. The SMILES string of the molecule is C=C(C)C(=O)OCC[Si](CC)(OCCC)OCCC. The molecule has 0 aliphatic rings. The Kier molecular flexibility index (Phi) is 9.82. The van der Waals surface area contributed by atoms with E-state index in [-0.39, 0.29) is 5.97 Å². The lowest BCUT2D eigenvalue weighted by molar-refractivity contribution is -0.138. The Hall–Kier alpha value is -0.653. The molecule has 0 aromatic heterocycles.